The molecule has 0 bridgehead atoms. The molecule has 0 rings (SSSR count). The van der Waals surface area contributed by atoms with E-state index in [9.17, 15) is 9.90 Å². The number of hydrogen-bond acceptors (Lipinski definition) is 2. The SMILES string of the molecule is CCCCC[C@H](O)CCCCCCCC=CC=CC=CC(=O)O. The van der Waals surface area contributed by atoms with E-state index in [0.29, 0.717) is 0 Å². The van der Waals surface area contributed by atoms with Crippen molar-refractivity contribution in [2.24, 2.45) is 0 Å². The first-order valence-electron chi connectivity index (χ1n) is 9.07. The summed E-state index contributed by atoms with van der Waals surface area (Å²) >= 11 is 0. The summed E-state index contributed by atoms with van der Waals surface area (Å²) in [4.78, 5) is 10.2. The number of carboxylic acid groups (broad SMARTS) is 1. The van der Waals surface area contributed by atoms with Crippen molar-refractivity contribution in [2.75, 3.05) is 0 Å². The minimum absolute atomic E-state index is 0.0913. The summed E-state index contributed by atoms with van der Waals surface area (Å²) in [6.07, 6.45) is 22.8. The van der Waals surface area contributed by atoms with Crippen LogP contribution in [0.5, 0.6) is 0 Å². The van der Waals surface area contributed by atoms with E-state index in [0.717, 1.165) is 38.2 Å². The molecule has 2 N–H and O–H groups in total. The molecule has 1 atom stereocenters. The van der Waals surface area contributed by atoms with Crippen molar-refractivity contribution >= 4 is 5.97 Å². The molecule has 132 valence electrons. The molecule has 0 saturated heterocycles. The monoisotopic (exact) mass is 322 g/mol. The second-order valence-corrected chi connectivity index (χ2v) is 6.01. The second-order valence-electron chi connectivity index (χ2n) is 6.01. The van der Waals surface area contributed by atoms with Crippen molar-refractivity contribution in [3.05, 3.63) is 36.5 Å². The Morgan fingerprint density at radius 2 is 1.48 bits per heavy atom. The van der Waals surface area contributed by atoms with Crippen LogP contribution < -0.4 is 0 Å². The maximum atomic E-state index is 10.2. The van der Waals surface area contributed by atoms with Crippen molar-refractivity contribution in [1.82, 2.24) is 0 Å². The van der Waals surface area contributed by atoms with Gasteiger partial charge in [0.05, 0.1) is 6.10 Å². The minimum atomic E-state index is -0.924. The van der Waals surface area contributed by atoms with E-state index < -0.39 is 5.97 Å². The van der Waals surface area contributed by atoms with E-state index in [-0.39, 0.29) is 6.10 Å². The van der Waals surface area contributed by atoms with Gasteiger partial charge >= 0.3 is 5.97 Å². The standard InChI is InChI=1S/C20H34O3/c1-2-3-13-16-19(21)17-14-11-9-7-5-4-6-8-10-12-15-18-20(22)23/h6,8,10,12,15,18-19,21H,2-5,7,9,11,13-14,16-17H2,1H3,(H,22,23)/t19-/m0/s1. The van der Waals surface area contributed by atoms with E-state index in [1.54, 1.807) is 6.08 Å². The minimum Gasteiger partial charge on any atom is -0.478 e. The van der Waals surface area contributed by atoms with Gasteiger partial charge in [0, 0.05) is 6.08 Å². The van der Waals surface area contributed by atoms with Crippen molar-refractivity contribution in [1.29, 1.82) is 0 Å². The first kappa shape index (κ1) is 21.6. The Labute approximate surface area is 141 Å². The molecule has 3 nitrogen and oxygen atoms in total. The lowest BCUT2D eigenvalue weighted by Crippen LogP contribution is -2.05. The van der Waals surface area contributed by atoms with Crippen LogP contribution in [0.15, 0.2) is 36.5 Å². The lowest BCUT2D eigenvalue weighted by molar-refractivity contribution is -0.131. The third-order valence-electron chi connectivity index (χ3n) is 3.76. The van der Waals surface area contributed by atoms with Gasteiger partial charge in [0.2, 0.25) is 0 Å². The number of aliphatic hydroxyl groups excluding tert-OH is 1. The second kappa shape index (κ2) is 17.0. The van der Waals surface area contributed by atoms with Gasteiger partial charge in [-0.3, -0.25) is 0 Å². The van der Waals surface area contributed by atoms with E-state index >= 15 is 0 Å². The molecular weight excluding hydrogens is 288 g/mol. The molecule has 0 spiro atoms. The van der Waals surface area contributed by atoms with Crippen molar-refractivity contribution in [3.63, 3.8) is 0 Å². The summed E-state index contributed by atoms with van der Waals surface area (Å²) in [7, 11) is 0. The van der Waals surface area contributed by atoms with Gasteiger partial charge in [0.1, 0.15) is 0 Å². The van der Waals surface area contributed by atoms with Gasteiger partial charge in [-0.2, -0.15) is 0 Å². The van der Waals surface area contributed by atoms with Gasteiger partial charge < -0.3 is 10.2 Å². The Hall–Kier alpha value is -1.35. The number of hydrogen-bond donors (Lipinski definition) is 2. The van der Waals surface area contributed by atoms with Crippen LogP contribution in [0, 0.1) is 0 Å². The number of aliphatic carboxylic acids is 1. The van der Waals surface area contributed by atoms with Gasteiger partial charge in [-0.1, -0.05) is 82.2 Å². The Bertz CT molecular complexity index is 356. The van der Waals surface area contributed by atoms with Crippen LogP contribution in [0.4, 0.5) is 0 Å². The van der Waals surface area contributed by atoms with E-state index in [4.69, 9.17) is 5.11 Å². The van der Waals surface area contributed by atoms with Crippen LogP contribution in [0.2, 0.25) is 0 Å². The zero-order valence-corrected chi connectivity index (χ0v) is 14.6. The third kappa shape index (κ3) is 18.6. The quantitative estimate of drug-likeness (QED) is 0.241. The largest absolute Gasteiger partial charge is 0.478 e. The van der Waals surface area contributed by atoms with E-state index in [2.05, 4.69) is 13.0 Å². The van der Waals surface area contributed by atoms with E-state index in [1.807, 2.05) is 12.2 Å². The fraction of sp³-hybridized carbons (Fsp3) is 0.650. The molecule has 0 amide bonds. The Balaban J connectivity index is 3.34. The number of allylic oxidation sites excluding steroid dienone is 5. The number of carbonyl (C=O) groups is 1. The first-order chi connectivity index (χ1) is 11.2. The summed E-state index contributed by atoms with van der Waals surface area (Å²) in [5.41, 5.74) is 0. The van der Waals surface area contributed by atoms with Gasteiger partial charge in [0.25, 0.3) is 0 Å². The van der Waals surface area contributed by atoms with Gasteiger partial charge in [0.15, 0.2) is 0 Å². The fourth-order valence-corrected chi connectivity index (χ4v) is 2.39. The lowest BCUT2D eigenvalue weighted by Gasteiger charge is -2.09. The maximum absolute atomic E-state index is 10.2. The normalized spacial score (nSPS) is 13.5. The van der Waals surface area contributed by atoms with Gasteiger partial charge in [-0.25, -0.2) is 4.79 Å². The fourth-order valence-electron chi connectivity index (χ4n) is 2.39. The van der Waals surface area contributed by atoms with Crippen LogP contribution in [0.1, 0.15) is 77.6 Å². The molecule has 0 aliphatic rings. The van der Waals surface area contributed by atoms with E-state index in [1.165, 1.54) is 44.6 Å². The molecule has 3 heteroatoms. The van der Waals surface area contributed by atoms with Crippen LogP contribution in [-0.2, 0) is 4.79 Å². The number of aliphatic hydroxyl groups is 1. The van der Waals surface area contributed by atoms with Crippen LogP contribution in [0.25, 0.3) is 0 Å². The molecule has 23 heavy (non-hydrogen) atoms. The highest BCUT2D eigenvalue weighted by Crippen LogP contribution is 2.12. The smallest absolute Gasteiger partial charge is 0.328 e. The molecule has 0 aromatic heterocycles. The predicted molar refractivity (Wildman–Crippen MR) is 97.5 cm³/mol. The zero-order valence-electron chi connectivity index (χ0n) is 14.6. The molecule has 0 aliphatic heterocycles. The maximum Gasteiger partial charge on any atom is 0.328 e. The molecule has 0 fully saturated rings. The van der Waals surface area contributed by atoms with Crippen LogP contribution >= 0.6 is 0 Å². The molecule has 0 unspecified atom stereocenters. The van der Waals surface area contributed by atoms with Gasteiger partial charge in [-0.05, 0) is 25.7 Å². The lowest BCUT2D eigenvalue weighted by atomic mass is 10.0. The molecule has 0 saturated carbocycles. The first-order valence-corrected chi connectivity index (χ1v) is 9.07. The molecule has 0 aromatic carbocycles. The number of carboxylic acids is 1. The third-order valence-corrected chi connectivity index (χ3v) is 3.76. The Morgan fingerprint density at radius 3 is 2.17 bits per heavy atom. The molecule has 0 heterocycles. The van der Waals surface area contributed by atoms with Crippen molar-refractivity contribution in [2.45, 2.75) is 83.7 Å². The zero-order chi connectivity index (χ0) is 17.2. The van der Waals surface area contributed by atoms with Crippen molar-refractivity contribution < 1.29 is 15.0 Å². The predicted octanol–water partition coefficient (Wildman–Crippen LogP) is 5.41. The average molecular weight is 322 g/mol. The van der Waals surface area contributed by atoms with Crippen molar-refractivity contribution in [3.8, 4) is 0 Å². The number of rotatable bonds is 15. The summed E-state index contributed by atoms with van der Waals surface area (Å²) in [5.74, 6) is -0.924. The molecular formula is C20H34O3. The summed E-state index contributed by atoms with van der Waals surface area (Å²) in [6, 6.07) is 0. The molecule has 0 radical (unpaired) electrons. The average Bonchev–Trinajstić information content (AvgIpc) is 2.51. The summed E-state index contributed by atoms with van der Waals surface area (Å²) < 4.78 is 0. The highest BCUT2D eigenvalue weighted by Gasteiger charge is 2.02. The van der Waals surface area contributed by atoms with Crippen LogP contribution in [0.3, 0.4) is 0 Å². The molecule has 0 aromatic rings. The Kier molecular flexibility index (Phi) is 16.0. The van der Waals surface area contributed by atoms with Gasteiger partial charge in [-0.15, -0.1) is 0 Å². The Morgan fingerprint density at radius 1 is 0.870 bits per heavy atom. The van der Waals surface area contributed by atoms with Crippen LogP contribution in [-0.4, -0.2) is 22.3 Å². The highest BCUT2D eigenvalue weighted by atomic mass is 16.4. The summed E-state index contributed by atoms with van der Waals surface area (Å²) in [6.45, 7) is 2.19. The molecule has 0 aliphatic carbocycles. The summed E-state index contributed by atoms with van der Waals surface area (Å²) in [5, 5.41) is 18.2. The topological polar surface area (TPSA) is 57.5 Å². The number of unbranched alkanes of at least 4 members (excludes halogenated alkanes) is 7. The highest BCUT2D eigenvalue weighted by molar-refractivity contribution is 5.80.